The average molecular weight is 246 g/mol. The molecule has 0 bridgehead atoms. The second kappa shape index (κ2) is 5.54. The Kier molecular flexibility index (Phi) is 4.33. The molecule has 0 aliphatic rings. The number of hydrogen-bond donors (Lipinski definition) is 0. The zero-order chi connectivity index (χ0) is 13.8. The Hall–Kier alpha value is -2.02. The highest BCUT2D eigenvalue weighted by Gasteiger charge is 2.35. The summed E-state index contributed by atoms with van der Waals surface area (Å²) < 4.78 is 5.22. The molecule has 1 atom stereocenters. The third kappa shape index (κ3) is 2.45. The Labute approximate surface area is 108 Å². The van der Waals surface area contributed by atoms with E-state index in [1.807, 2.05) is 19.1 Å². The molecule has 1 aromatic carbocycles. The maximum atomic E-state index is 12.3. The van der Waals surface area contributed by atoms with Crippen LogP contribution in [0.5, 0.6) is 5.75 Å². The smallest absolute Gasteiger partial charge is 0.247 e. The first kappa shape index (κ1) is 14.0. The van der Waals surface area contributed by atoms with Gasteiger partial charge in [-0.3, -0.25) is 4.79 Å². The standard InChI is InChI=1S/C14H18N2O2/c1-5-14(2,10-15)13(17)16(3)11-8-6-7-9-12(11)18-4/h6-9H,5H2,1-4H3. The van der Waals surface area contributed by atoms with Crippen LogP contribution in [0.15, 0.2) is 24.3 Å². The van der Waals surface area contributed by atoms with Crippen LogP contribution >= 0.6 is 0 Å². The van der Waals surface area contributed by atoms with E-state index in [1.54, 1.807) is 33.2 Å². The van der Waals surface area contributed by atoms with Crippen molar-refractivity contribution in [3.8, 4) is 11.8 Å². The fraction of sp³-hybridized carbons (Fsp3) is 0.429. The van der Waals surface area contributed by atoms with Gasteiger partial charge in [0.25, 0.3) is 0 Å². The average Bonchev–Trinajstić information content (AvgIpc) is 2.44. The molecule has 0 spiro atoms. The van der Waals surface area contributed by atoms with Gasteiger partial charge in [-0.05, 0) is 25.5 Å². The van der Waals surface area contributed by atoms with Crippen LogP contribution < -0.4 is 9.64 Å². The van der Waals surface area contributed by atoms with E-state index in [0.717, 1.165) is 0 Å². The van der Waals surface area contributed by atoms with Gasteiger partial charge in [-0.1, -0.05) is 19.1 Å². The van der Waals surface area contributed by atoms with E-state index in [0.29, 0.717) is 17.9 Å². The molecule has 0 N–H and O–H groups in total. The highest BCUT2D eigenvalue weighted by atomic mass is 16.5. The van der Waals surface area contributed by atoms with Gasteiger partial charge in [-0.2, -0.15) is 5.26 Å². The number of carbonyl (C=O) groups excluding carboxylic acids is 1. The molecule has 1 unspecified atom stereocenters. The van der Waals surface area contributed by atoms with E-state index < -0.39 is 5.41 Å². The van der Waals surface area contributed by atoms with Crippen molar-refractivity contribution in [2.24, 2.45) is 5.41 Å². The number of anilines is 1. The summed E-state index contributed by atoms with van der Waals surface area (Å²) in [7, 11) is 3.21. The van der Waals surface area contributed by atoms with Crippen molar-refractivity contribution in [3.63, 3.8) is 0 Å². The molecule has 0 aliphatic carbocycles. The number of para-hydroxylation sites is 2. The first-order valence-corrected chi connectivity index (χ1v) is 5.82. The van der Waals surface area contributed by atoms with Crippen LogP contribution in [0.2, 0.25) is 0 Å². The maximum absolute atomic E-state index is 12.3. The predicted octanol–water partition coefficient (Wildman–Crippen LogP) is 2.60. The number of methoxy groups -OCH3 is 1. The van der Waals surface area contributed by atoms with E-state index in [9.17, 15) is 4.79 Å². The summed E-state index contributed by atoms with van der Waals surface area (Å²) in [5.74, 6) is 0.391. The summed E-state index contributed by atoms with van der Waals surface area (Å²) in [5.41, 5.74) is -0.338. The van der Waals surface area contributed by atoms with Crippen molar-refractivity contribution >= 4 is 11.6 Å². The lowest BCUT2D eigenvalue weighted by molar-refractivity contribution is -0.124. The third-order valence-corrected chi connectivity index (χ3v) is 3.18. The molecule has 0 saturated heterocycles. The Morgan fingerprint density at radius 1 is 1.50 bits per heavy atom. The minimum absolute atomic E-state index is 0.225. The molecule has 0 aliphatic heterocycles. The molecule has 18 heavy (non-hydrogen) atoms. The summed E-state index contributed by atoms with van der Waals surface area (Å²) in [5, 5.41) is 9.15. The van der Waals surface area contributed by atoms with Crippen LogP contribution in [0.3, 0.4) is 0 Å². The second-order valence-electron chi connectivity index (χ2n) is 4.33. The van der Waals surface area contributed by atoms with Crippen LogP contribution in [0, 0.1) is 16.7 Å². The minimum Gasteiger partial charge on any atom is -0.495 e. The highest BCUT2D eigenvalue weighted by Crippen LogP contribution is 2.31. The van der Waals surface area contributed by atoms with Gasteiger partial charge < -0.3 is 9.64 Å². The number of nitrogens with zero attached hydrogens (tertiary/aromatic N) is 2. The monoisotopic (exact) mass is 246 g/mol. The van der Waals surface area contributed by atoms with E-state index in [1.165, 1.54) is 4.90 Å². The Bertz CT molecular complexity index is 479. The fourth-order valence-electron chi connectivity index (χ4n) is 1.66. The molecule has 1 rings (SSSR count). The molecule has 4 nitrogen and oxygen atoms in total. The molecule has 1 amide bonds. The van der Waals surface area contributed by atoms with Crippen molar-refractivity contribution in [1.82, 2.24) is 0 Å². The molecule has 0 aromatic heterocycles. The van der Waals surface area contributed by atoms with Crippen LogP contribution in [-0.2, 0) is 4.79 Å². The van der Waals surface area contributed by atoms with Crippen molar-refractivity contribution in [2.45, 2.75) is 20.3 Å². The Balaban J connectivity index is 3.12. The number of nitriles is 1. The molecule has 4 heteroatoms. The van der Waals surface area contributed by atoms with Gasteiger partial charge in [0.2, 0.25) is 5.91 Å². The van der Waals surface area contributed by atoms with Gasteiger partial charge in [0, 0.05) is 7.05 Å². The highest BCUT2D eigenvalue weighted by molar-refractivity contribution is 5.99. The lowest BCUT2D eigenvalue weighted by Crippen LogP contribution is -2.39. The molecule has 96 valence electrons. The van der Waals surface area contributed by atoms with E-state index >= 15 is 0 Å². The van der Waals surface area contributed by atoms with Gasteiger partial charge in [0.15, 0.2) is 0 Å². The molecule has 0 radical (unpaired) electrons. The Morgan fingerprint density at radius 2 is 2.11 bits per heavy atom. The number of carbonyl (C=O) groups is 1. The van der Waals surface area contributed by atoms with Gasteiger partial charge in [-0.15, -0.1) is 0 Å². The van der Waals surface area contributed by atoms with Gasteiger partial charge >= 0.3 is 0 Å². The number of ether oxygens (including phenoxy) is 1. The van der Waals surface area contributed by atoms with Crippen molar-refractivity contribution in [1.29, 1.82) is 5.26 Å². The van der Waals surface area contributed by atoms with Gasteiger partial charge in [0.1, 0.15) is 11.2 Å². The van der Waals surface area contributed by atoms with Crippen LogP contribution in [0.4, 0.5) is 5.69 Å². The van der Waals surface area contributed by atoms with E-state index in [-0.39, 0.29) is 5.91 Å². The molecular formula is C14H18N2O2. The number of amides is 1. The topological polar surface area (TPSA) is 53.3 Å². The molecule has 0 fully saturated rings. The zero-order valence-electron chi connectivity index (χ0n) is 11.2. The SMILES string of the molecule is CCC(C)(C#N)C(=O)N(C)c1ccccc1OC. The lowest BCUT2D eigenvalue weighted by Gasteiger charge is -2.27. The maximum Gasteiger partial charge on any atom is 0.247 e. The number of benzene rings is 1. The van der Waals surface area contributed by atoms with Gasteiger partial charge in [-0.25, -0.2) is 0 Å². The van der Waals surface area contributed by atoms with E-state index in [4.69, 9.17) is 10.00 Å². The fourth-order valence-corrected chi connectivity index (χ4v) is 1.66. The summed E-state index contributed by atoms with van der Waals surface area (Å²) in [4.78, 5) is 13.8. The summed E-state index contributed by atoms with van der Waals surface area (Å²) in [6.07, 6.45) is 0.474. The predicted molar refractivity (Wildman–Crippen MR) is 70.4 cm³/mol. The third-order valence-electron chi connectivity index (χ3n) is 3.18. The molecular weight excluding hydrogens is 228 g/mol. The molecule has 0 heterocycles. The van der Waals surface area contributed by atoms with Crippen LogP contribution in [0.1, 0.15) is 20.3 Å². The quantitative estimate of drug-likeness (QED) is 0.820. The molecule has 0 saturated carbocycles. The number of rotatable bonds is 4. The minimum atomic E-state index is -1.00. The first-order chi connectivity index (χ1) is 8.50. The zero-order valence-corrected chi connectivity index (χ0v) is 11.2. The lowest BCUT2D eigenvalue weighted by atomic mass is 9.87. The second-order valence-corrected chi connectivity index (χ2v) is 4.33. The van der Waals surface area contributed by atoms with Crippen molar-refractivity contribution < 1.29 is 9.53 Å². The largest absolute Gasteiger partial charge is 0.495 e. The Morgan fingerprint density at radius 3 is 2.61 bits per heavy atom. The van der Waals surface area contributed by atoms with E-state index in [2.05, 4.69) is 6.07 Å². The van der Waals surface area contributed by atoms with Crippen molar-refractivity contribution in [2.75, 3.05) is 19.1 Å². The summed E-state index contributed by atoms with van der Waals surface area (Å²) in [6, 6.07) is 9.33. The summed E-state index contributed by atoms with van der Waals surface area (Å²) in [6.45, 7) is 3.48. The summed E-state index contributed by atoms with van der Waals surface area (Å²) >= 11 is 0. The number of hydrogen-bond acceptors (Lipinski definition) is 3. The van der Waals surface area contributed by atoms with Crippen molar-refractivity contribution in [3.05, 3.63) is 24.3 Å². The van der Waals surface area contributed by atoms with Gasteiger partial charge in [0.05, 0.1) is 18.9 Å². The normalized spacial score (nSPS) is 13.3. The molecule has 1 aromatic rings. The first-order valence-electron chi connectivity index (χ1n) is 5.82. The van der Waals surface area contributed by atoms with Crippen LogP contribution in [0.25, 0.3) is 0 Å². The van der Waals surface area contributed by atoms with Crippen LogP contribution in [-0.4, -0.2) is 20.1 Å².